The molecule has 1 amide bonds. The summed E-state index contributed by atoms with van der Waals surface area (Å²) in [7, 11) is 3.16. The predicted molar refractivity (Wildman–Crippen MR) is 254 cm³/mol. The molecule has 3 N–H and O–H groups in total. The lowest BCUT2D eigenvalue weighted by molar-refractivity contribution is -0.0674. The number of ketones is 1. The number of carbonyl (C=O) groups is 2. The van der Waals surface area contributed by atoms with E-state index in [2.05, 4.69) is 32.2 Å². The Kier molecular flexibility index (Phi) is 15.7. The molecule has 340 valence electrons. The number of nitrogens with zero attached hydrogens (tertiary/aromatic N) is 2. The highest BCUT2D eigenvalue weighted by Crippen LogP contribution is 2.36. The van der Waals surface area contributed by atoms with Gasteiger partial charge in [0.05, 0.1) is 32.2 Å². The van der Waals surface area contributed by atoms with Crippen molar-refractivity contribution in [2.75, 3.05) is 44.1 Å². The summed E-state index contributed by atoms with van der Waals surface area (Å²) in [6.45, 7) is 16.5. The number of pyridine rings is 1. The minimum Gasteiger partial charge on any atom is -0.493 e. The van der Waals surface area contributed by atoms with Gasteiger partial charge in [-0.1, -0.05) is 70.5 Å². The summed E-state index contributed by atoms with van der Waals surface area (Å²) in [4.78, 5) is 34.5. The smallest absolute Gasteiger partial charge is 0.258 e. The largest absolute Gasteiger partial charge is 0.493 e. The number of nitrogens with two attached hydrogens (primary N) is 1. The van der Waals surface area contributed by atoms with Crippen LogP contribution in [0.5, 0.6) is 23.0 Å². The molecule has 5 aromatic rings. The lowest BCUT2D eigenvalue weighted by Gasteiger charge is -2.32. The number of ether oxygens (including phenoxy) is 5. The molecule has 1 aliphatic rings. The van der Waals surface area contributed by atoms with E-state index >= 15 is 0 Å². The van der Waals surface area contributed by atoms with Gasteiger partial charge in [-0.05, 0) is 128 Å². The Balaban J connectivity index is 1.25. The Hall–Kier alpha value is -5.91. The van der Waals surface area contributed by atoms with Crippen molar-refractivity contribution in [1.82, 2.24) is 4.98 Å². The zero-order valence-corrected chi connectivity index (χ0v) is 39.2. The van der Waals surface area contributed by atoms with E-state index in [1.54, 1.807) is 26.4 Å². The van der Waals surface area contributed by atoms with Gasteiger partial charge >= 0.3 is 0 Å². The highest BCUT2D eigenvalue weighted by atomic mass is 16.5. The van der Waals surface area contributed by atoms with E-state index in [1.165, 1.54) is 5.56 Å². The highest BCUT2D eigenvalue weighted by molar-refractivity contribution is 6.08. The van der Waals surface area contributed by atoms with E-state index < -0.39 is 5.72 Å². The SMILES string of the molecule is CCCC(C)(N)OCC(C)(C)Cc1cc(COc2cc(C)c(C(=O)Cc3ccccc3NCC)cc2OC)nc(COc2cc(CC)c(C(=O)N3CCc4ccccc43)cc2OC)c1. The van der Waals surface area contributed by atoms with Crippen LogP contribution in [0.3, 0.4) is 0 Å². The van der Waals surface area contributed by atoms with E-state index in [4.69, 9.17) is 34.4 Å². The number of Topliss-reactive ketones (excluding diaryl/α,β-unsaturated/α-hetero) is 1. The van der Waals surface area contributed by atoms with E-state index in [-0.39, 0.29) is 36.7 Å². The fraction of sp³-hybridized carbons (Fsp3) is 0.415. The summed E-state index contributed by atoms with van der Waals surface area (Å²) in [5, 5.41) is 3.35. The molecule has 1 atom stereocenters. The lowest BCUT2D eigenvalue weighted by atomic mass is 9.86. The van der Waals surface area contributed by atoms with Gasteiger partial charge in [-0.3, -0.25) is 14.6 Å². The molecule has 1 unspecified atom stereocenters. The second kappa shape index (κ2) is 21.2. The number of nitrogens with one attached hydrogen (secondary N) is 1. The first kappa shape index (κ1) is 47.6. The molecule has 6 rings (SSSR count). The minimum absolute atomic E-state index is 0.00996. The molecule has 11 heteroatoms. The van der Waals surface area contributed by atoms with Crippen LogP contribution in [0.25, 0.3) is 0 Å². The summed E-state index contributed by atoms with van der Waals surface area (Å²) < 4.78 is 30.8. The fourth-order valence-electron chi connectivity index (χ4n) is 8.40. The number of hydrogen-bond acceptors (Lipinski definition) is 10. The third-order valence-corrected chi connectivity index (χ3v) is 11.6. The quantitative estimate of drug-likeness (QED) is 0.0511. The molecule has 0 aliphatic carbocycles. The predicted octanol–water partition coefficient (Wildman–Crippen LogP) is 10.2. The third kappa shape index (κ3) is 11.8. The van der Waals surface area contributed by atoms with Crippen LogP contribution in [0.4, 0.5) is 11.4 Å². The van der Waals surface area contributed by atoms with Crippen LogP contribution in [0, 0.1) is 12.3 Å². The second-order valence-electron chi connectivity index (χ2n) is 17.7. The average Bonchev–Trinajstić information content (AvgIpc) is 3.71. The monoisotopic (exact) mass is 870 g/mol. The van der Waals surface area contributed by atoms with Gasteiger partial charge in [-0.2, -0.15) is 0 Å². The second-order valence-corrected chi connectivity index (χ2v) is 17.7. The normalized spacial score (nSPS) is 13.2. The Bertz CT molecular complexity index is 2430. The van der Waals surface area contributed by atoms with Crippen molar-refractivity contribution in [1.29, 1.82) is 0 Å². The molecular formula is C53H66N4O7. The Labute approximate surface area is 379 Å². The maximum absolute atomic E-state index is 14.0. The summed E-state index contributed by atoms with van der Waals surface area (Å²) in [5.41, 5.74) is 14.7. The first-order valence-electron chi connectivity index (χ1n) is 22.5. The zero-order chi connectivity index (χ0) is 46.0. The molecule has 64 heavy (non-hydrogen) atoms. The number of methoxy groups -OCH3 is 2. The summed E-state index contributed by atoms with van der Waals surface area (Å²) in [6, 6.07) is 27.3. The van der Waals surface area contributed by atoms with Gasteiger partial charge in [0, 0.05) is 42.0 Å². The molecule has 0 saturated heterocycles. The summed E-state index contributed by atoms with van der Waals surface area (Å²) in [5.74, 6) is 1.89. The molecule has 11 nitrogen and oxygen atoms in total. The average molecular weight is 871 g/mol. The number of fused-ring (bicyclic) bond motifs is 1. The van der Waals surface area contributed by atoms with Crippen molar-refractivity contribution in [2.24, 2.45) is 11.1 Å². The first-order valence-corrected chi connectivity index (χ1v) is 22.5. The van der Waals surface area contributed by atoms with Crippen molar-refractivity contribution in [3.8, 4) is 23.0 Å². The number of para-hydroxylation sites is 2. The number of rotatable bonds is 22. The maximum Gasteiger partial charge on any atom is 0.258 e. The number of hydrogen-bond donors (Lipinski definition) is 2. The van der Waals surface area contributed by atoms with Crippen LogP contribution in [0.1, 0.15) is 114 Å². The van der Waals surface area contributed by atoms with E-state index in [0.29, 0.717) is 71.5 Å². The van der Waals surface area contributed by atoms with Crippen molar-refractivity contribution < 1.29 is 33.3 Å². The van der Waals surface area contributed by atoms with E-state index in [1.807, 2.05) is 99.3 Å². The van der Waals surface area contributed by atoms with Crippen molar-refractivity contribution in [3.05, 3.63) is 135 Å². The van der Waals surface area contributed by atoms with Crippen LogP contribution in [-0.2, 0) is 43.6 Å². The molecule has 4 aromatic carbocycles. The van der Waals surface area contributed by atoms with E-state index in [9.17, 15) is 9.59 Å². The van der Waals surface area contributed by atoms with Crippen LogP contribution >= 0.6 is 0 Å². The Morgan fingerprint density at radius 1 is 0.797 bits per heavy atom. The molecule has 2 heterocycles. The number of anilines is 2. The van der Waals surface area contributed by atoms with Gasteiger partial charge < -0.3 is 39.6 Å². The topological polar surface area (TPSA) is 134 Å². The third-order valence-electron chi connectivity index (χ3n) is 11.6. The van der Waals surface area contributed by atoms with Gasteiger partial charge in [0.1, 0.15) is 18.9 Å². The highest BCUT2D eigenvalue weighted by Gasteiger charge is 2.29. The van der Waals surface area contributed by atoms with Gasteiger partial charge in [0.2, 0.25) is 0 Å². The molecule has 0 radical (unpaired) electrons. The summed E-state index contributed by atoms with van der Waals surface area (Å²) >= 11 is 0. The van der Waals surface area contributed by atoms with Gasteiger partial charge in [0.25, 0.3) is 5.91 Å². The van der Waals surface area contributed by atoms with Crippen molar-refractivity contribution in [3.63, 3.8) is 0 Å². The number of aryl methyl sites for hydroxylation is 2. The van der Waals surface area contributed by atoms with Crippen LogP contribution in [0.15, 0.2) is 84.9 Å². The standard InChI is InChI=1S/C53H66N4O7/c1-10-22-53(7,54)64-34-52(5,6)31-36-25-40(32-62-49-24-35(4)42(29-47(49)60-8)46(58)27-39-18-13-15-19-44(39)55-12-3)56-41(26-36)33-63-50-28-37(11-2)43(30-48(50)61-9)51(59)57-23-21-38-17-14-16-20-45(38)57/h13-20,24-26,28-30,55H,10-12,21-23,27,31-34,54H2,1-9H3. The van der Waals surface area contributed by atoms with Crippen molar-refractivity contribution in [2.45, 2.75) is 106 Å². The summed E-state index contributed by atoms with van der Waals surface area (Å²) in [6.07, 6.45) is 4.06. The van der Waals surface area contributed by atoms with Crippen LogP contribution in [0.2, 0.25) is 0 Å². The minimum atomic E-state index is -0.716. The number of amides is 1. The molecule has 1 aromatic heterocycles. The molecular weight excluding hydrogens is 805 g/mol. The Morgan fingerprint density at radius 3 is 2.09 bits per heavy atom. The number of aromatic nitrogens is 1. The van der Waals surface area contributed by atoms with E-state index in [0.717, 1.165) is 59.4 Å². The van der Waals surface area contributed by atoms with Gasteiger partial charge in [-0.25, -0.2) is 0 Å². The zero-order valence-electron chi connectivity index (χ0n) is 39.2. The van der Waals surface area contributed by atoms with Crippen LogP contribution < -0.4 is 34.9 Å². The molecule has 0 spiro atoms. The molecule has 0 fully saturated rings. The van der Waals surface area contributed by atoms with Gasteiger partial charge in [0.15, 0.2) is 28.8 Å². The first-order chi connectivity index (χ1) is 30.7. The molecule has 0 bridgehead atoms. The molecule has 0 saturated carbocycles. The fourth-order valence-corrected chi connectivity index (χ4v) is 8.40. The maximum atomic E-state index is 14.0. The molecule has 1 aliphatic heterocycles. The number of carbonyl (C=O) groups excluding carboxylic acids is 2. The lowest BCUT2D eigenvalue weighted by Crippen LogP contribution is -2.42. The van der Waals surface area contributed by atoms with Crippen LogP contribution in [-0.4, -0.2) is 56.3 Å². The van der Waals surface area contributed by atoms with Crippen molar-refractivity contribution >= 4 is 23.1 Å². The van der Waals surface area contributed by atoms with Gasteiger partial charge in [-0.15, -0.1) is 0 Å². The number of benzene rings is 4. The Morgan fingerprint density at radius 2 is 1.44 bits per heavy atom.